The highest BCUT2D eigenvalue weighted by Crippen LogP contribution is 2.20. The van der Waals surface area contributed by atoms with Crippen LogP contribution in [0.15, 0.2) is 4.99 Å². The van der Waals surface area contributed by atoms with E-state index in [-0.39, 0.29) is 29.5 Å². The Bertz CT molecular complexity index is 422. The summed E-state index contributed by atoms with van der Waals surface area (Å²) in [6.07, 6.45) is 4.03. The fourth-order valence-corrected chi connectivity index (χ4v) is 3.75. The zero-order chi connectivity index (χ0) is 18.3. The van der Waals surface area contributed by atoms with E-state index in [0.29, 0.717) is 6.04 Å². The van der Waals surface area contributed by atoms with Crippen molar-refractivity contribution in [2.75, 3.05) is 66.5 Å². The molecular weight excluding hydrogens is 439 g/mol. The van der Waals surface area contributed by atoms with Gasteiger partial charge < -0.3 is 15.5 Å². The van der Waals surface area contributed by atoms with Gasteiger partial charge in [0.1, 0.15) is 0 Å². The fraction of sp³-hybridized carbons (Fsp3) is 0.947. The van der Waals surface area contributed by atoms with Crippen LogP contribution >= 0.6 is 24.0 Å². The maximum Gasteiger partial charge on any atom is 0.191 e. The first-order valence-electron chi connectivity index (χ1n) is 10.1. The molecular formula is C19H41IN6. The van der Waals surface area contributed by atoms with E-state index < -0.39 is 0 Å². The molecule has 154 valence electrons. The third kappa shape index (κ3) is 7.48. The van der Waals surface area contributed by atoms with Gasteiger partial charge in [0, 0.05) is 44.3 Å². The van der Waals surface area contributed by atoms with Crippen LogP contribution in [0.1, 0.15) is 40.0 Å². The van der Waals surface area contributed by atoms with Crippen molar-refractivity contribution in [2.45, 2.75) is 51.6 Å². The molecule has 0 aliphatic carbocycles. The molecule has 2 N–H and O–H groups in total. The number of nitrogens with one attached hydrogen (secondary N) is 2. The molecule has 0 radical (unpaired) electrons. The molecule has 26 heavy (non-hydrogen) atoms. The maximum atomic E-state index is 4.91. The lowest BCUT2D eigenvalue weighted by Crippen LogP contribution is -2.55. The summed E-state index contributed by atoms with van der Waals surface area (Å²) in [7, 11) is 4.43. The van der Waals surface area contributed by atoms with E-state index in [1.54, 1.807) is 0 Å². The van der Waals surface area contributed by atoms with E-state index in [4.69, 9.17) is 4.99 Å². The number of likely N-dealkylation sites (N-methyl/N-ethyl adjacent to an activating group) is 2. The van der Waals surface area contributed by atoms with Crippen molar-refractivity contribution < 1.29 is 0 Å². The maximum absolute atomic E-state index is 4.91. The van der Waals surface area contributed by atoms with Crippen LogP contribution in [-0.4, -0.2) is 98.7 Å². The van der Waals surface area contributed by atoms with Gasteiger partial charge in [-0.15, -0.1) is 24.0 Å². The van der Waals surface area contributed by atoms with Crippen molar-refractivity contribution in [3.63, 3.8) is 0 Å². The summed E-state index contributed by atoms with van der Waals surface area (Å²) in [6, 6.07) is 0.540. The number of hydrogen-bond donors (Lipinski definition) is 2. The third-order valence-electron chi connectivity index (χ3n) is 5.67. The zero-order valence-electron chi connectivity index (χ0n) is 17.6. The van der Waals surface area contributed by atoms with Gasteiger partial charge in [0.05, 0.1) is 6.54 Å². The quantitative estimate of drug-likeness (QED) is 0.344. The number of rotatable bonds is 6. The van der Waals surface area contributed by atoms with E-state index in [2.05, 4.69) is 60.2 Å². The first-order chi connectivity index (χ1) is 11.9. The second-order valence-electron chi connectivity index (χ2n) is 8.33. The lowest BCUT2D eigenvalue weighted by molar-refractivity contribution is 0.102. The Morgan fingerprint density at radius 2 is 1.73 bits per heavy atom. The van der Waals surface area contributed by atoms with Gasteiger partial charge in [-0.3, -0.25) is 14.8 Å². The van der Waals surface area contributed by atoms with Crippen molar-refractivity contribution in [2.24, 2.45) is 4.99 Å². The van der Waals surface area contributed by atoms with Crippen molar-refractivity contribution in [1.82, 2.24) is 25.3 Å². The van der Waals surface area contributed by atoms with Crippen LogP contribution in [0.5, 0.6) is 0 Å². The molecule has 0 aromatic carbocycles. The van der Waals surface area contributed by atoms with Gasteiger partial charge in [0.15, 0.2) is 5.96 Å². The SMILES string of the molecule is CCNC(=NCC(C)(C)N1CCCCC1)NCC1CN(C)CCN1C.I. The second kappa shape index (κ2) is 11.7. The molecule has 0 aromatic rings. The second-order valence-corrected chi connectivity index (χ2v) is 8.33. The highest BCUT2D eigenvalue weighted by molar-refractivity contribution is 14.0. The largest absolute Gasteiger partial charge is 0.357 e. The molecule has 0 spiro atoms. The van der Waals surface area contributed by atoms with Crippen LogP contribution in [0.2, 0.25) is 0 Å². The van der Waals surface area contributed by atoms with Gasteiger partial charge in [0.25, 0.3) is 0 Å². The molecule has 0 aromatic heterocycles. The van der Waals surface area contributed by atoms with Gasteiger partial charge in [0.2, 0.25) is 0 Å². The van der Waals surface area contributed by atoms with Crippen molar-refractivity contribution >= 4 is 29.9 Å². The van der Waals surface area contributed by atoms with Gasteiger partial charge >= 0.3 is 0 Å². The fourth-order valence-electron chi connectivity index (χ4n) is 3.75. The van der Waals surface area contributed by atoms with Gasteiger partial charge in [-0.2, -0.15) is 0 Å². The van der Waals surface area contributed by atoms with E-state index in [9.17, 15) is 0 Å². The highest BCUT2D eigenvalue weighted by atomic mass is 127. The Labute approximate surface area is 178 Å². The normalized spacial score (nSPS) is 24.2. The molecule has 2 aliphatic heterocycles. The third-order valence-corrected chi connectivity index (χ3v) is 5.67. The van der Waals surface area contributed by atoms with Gasteiger partial charge in [-0.05, 0) is 60.8 Å². The number of piperazine rings is 1. The smallest absolute Gasteiger partial charge is 0.191 e. The molecule has 0 amide bonds. The van der Waals surface area contributed by atoms with Crippen molar-refractivity contribution in [1.29, 1.82) is 0 Å². The summed E-state index contributed by atoms with van der Waals surface area (Å²) < 4.78 is 0. The zero-order valence-corrected chi connectivity index (χ0v) is 19.9. The van der Waals surface area contributed by atoms with Crippen LogP contribution in [0.3, 0.4) is 0 Å². The Kier molecular flexibility index (Phi) is 10.7. The van der Waals surface area contributed by atoms with E-state index >= 15 is 0 Å². The summed E-state index contributed by atoms with van der Waals surface area (Å²) in [6.45, 7) is 15.3. The highest BCUT2D eigenvalue weighted by Gasteiger charge is 2.28. The van der Waals surface area contributed by atoms with Gasteiger partial charge in [-0.25, -0.2) is 0 Å². The number of halogens is 1. The molecule has 1 atom stereocenters. The lowest BCUT2D eigenvalue weighted by Gasteiger charge is -2.40. The van der Waals surface area contributed by atoms with Gasteiger partial charge in [-0.1, -0.05) is 6.42 Å². The molecule has 2 fully saturated rings. The Morgan fingerprint density at radius 3 is 2.38 bits per heavy atom. The Morgan fingerprint density at radius 1 is 1.04 bits per heavy atom. The molecule has 6 nitrogen and oxygen atoms in total. The standard InChI is InChI=1S/C19H40N6.HI/c1-6-20-18(21-14-17-15-23(4)12-13-24(17)5)22-16-19(2,3)25-10-8-7-9-11-25;/h17H,6-16H2,1-5H3,(H2,20,21,22);1H. The monoisotopic (exact) mass is 480 g/mol. The van der Waals surface area contributed by atoms with E-state index in [0.717, 1.165) is 45.2 Å². The minimum atomic E-state index is 0. The first kappa shape index (κ1) is 23.9. The van der Waals surface area contributed by atoms with E-state index in [1.807, 2.05) is 0 Å². The van der Waals surface area contributed by atoms with Crippen LogP contribution in [0.4, 0.5) is 0 Å². The number of likely N-dealkylation sites (tertiary alicyclic amines) is 1. The molecule has 2 aliphatic rings. The van der Waals surface area contributed by atoms with Crippen LogP contribution in [0.25, 0.3) is 0 Å². The number of aliphatic imine (C=N–C) groups is 1. The number of hydrogen-bond acceptors (Lipinski definition) is 4. The van der Waals surface area contributed by atoms with Crippen LogP contribution in [-0.2, 0) is 0 Å². The number of guanidine groups is 1. The predicted octanol–water partition coefficient (Wildman–Crippen LogP) is 1.67. The molecule has 0 saturated carbocycles. The Balaban J connectivity index is 0.00000338. The summed E-state index contributed by atoms with van der Waals surface area (Å²) in [5, 5.41) is 6.98. The Hall–Kier alpha value is -0.120. The first-order valence-corrected chi connectivity index (χ1v) is 10.1. The molecule has 2 rings (SSSR count). The summed E-state index contributed by atoms with van der Waals surface area (Å²) in [5.74, 6) is 0.953. The molecule has 2 heterocycles. The number of nitrogens with zero attached hydrogens (tertiary/aromatic N) is 4. The predicted molar refractivity (Wildman–Crippen MR) is 123 cm³/mol. The number of piperidine rings is 1. The average Bonchev–Trinajstić information content (AvgIpc) is 2.61. The van der Waals surface area contributed by atoms with Crippen molar-refractivity contribution in [3.8, 4) is 0 Å². The summed E-state index contributed by atoms with van der Waals surface area (Å²) >= 11 is 0. The minimum Gasteiger partial charge on any atom is -0.357 e. The van der Waals surface area contributed by atoms with E-state index in [1.165, 1.54) is 32.4 Å². The van der Waals surface area contributed by atoms with Crippen LogP contribution < -0.4 is 10.6 Å². The lowest BCUT2D eigenvalue weighted by atomic mass is 9.99. The molecule has 1 unspecified atom stereocenters. The molecule has 7 heteroatoms. The topological polar surface area (TPSA) is 46.1 Å². The minimum absolute atomic E-state index is 0. The summed E-state index contributed by atoms with van der Waals surface area (Å²) in [4.78, 5) is 12.4. The van der Waals surface area contributed by atoms with Crippen LogP contribution in [0, 0.1) is 0 Å². The molecule has 2 saturated heterocycles. The average molecular weight is 480 g/mol. The molecule has 0 bridgehead atoms. The van der Waals surface area contributed by atoms with Crippen molar-refractivity contribution in [3.05, 3.63) is 0 Å². The summed E-state index contributed by atoms with van der Waals surface area (Å²) in [5.41, 5.74) is 0.130.